The summed E-state index contributed by atoms with van der Waals surface area (Å²) in [5.41, 5.74) is 0.976. The van der Waals surface area contributed by atoms with E-state index in [0.717, 1.165) is 43.4 Å². The van der Waals surface area contributed by atoms with Gasteiger partial charge in [-0.3, -0.25) is 14.2 Å². The maximum Gasteiger partial charge on any atom is 0.346 e. The maximum absolute atomic E-state index is 13.5. The molecule has 5 rings (SSSR count). The summed E-state index contributed by atoms with van der Waals surface area (Å²) in [6.45, 7) is 3.52. The number of hydrogen-bond acceptors (Lipinski definition) is 7. The van der Waals surface area contributed by atoms with Crippen molar-refractivity contribution in [2.24, 2.45) is 0 Å². The van der Waals surface area contributed by atoms with Crippen LogP contribution < -0.4 is 16.2 Å². The average molecular weight is 439 g/mol. The second-order valence-electron chi connectivity index (χ2n) is 8.17. The summed E-state index contributed by atoms with van der Waals surface area (Å²) >= 11 is 1.07. The average Bonchev–Trinajstić information content (AvgIpc) is 3.22. The first kappa shape index (κ1) is 19.7. The van der Waals surface area contributed by atoms with Crippen LogP contribution in [0.15, 0.2) is 17.2 Å². The van der Waals surface area contributed by atoms with Crippen LogP contribution in [0.4, 0.5) is 11.5 Å². The van der Waals surface area contributed by atoms with E-state index in [1.165, 1.54) is 6.33 Å². The van der Waals surface area contributed by atoms with Crippen LogP contribution in [0.5, 0.6) is 0 Å². The van der Waals surface area contributed by atoms with Crippen molar-refractivity contribution in [3.8, 4) is 0 Å². The van der Waals surface area contributed by atoms with E-state index in [2.05, 4.69) is 20.6 Å². The first-order chi connectivity index (χ1) is 14.8. The minimum absolute atomic E-state index is 0.191. The van der Waals surface area contributed by atoms with Crippen LogP contribution >= 0.6 is 11.3 Å². The van der Waals surface area contributed by atoms with Crippen molar-refractivity contribution in [3.63, 3.8) is 0 Å². The van der Waals surface area contributed by atoms with Gasteiger partial charge in [0, 0.05) is 0 Å². The van der Waals surface area contributed by atoms with Gasteiger partial charge in [0.2, 0.25) is 0 Å². The Labute approximate surface area is 181 Å². The molecular weight excluding hydrogens is 418 g/mol. The number of aromatic carboxylic acids is 1. The van der Waals surface area contributed by atoms with E-state index < -0.39 is 11.6 Å². The van der Waals surface area contributed by atoms with Gasteiger partial charge in [0.1, 0.15) is 38.9 Å². The number of aromatic nitrogens is 3. The number of hydrogen-bond donors (Lipinski definition) is 3. The highest BCUT2D eigenvalue weighted by molar-refractivity contribution is 7.20. The topological polar surface area (TPSA) is 126 Å². The summed E-state index contributed by atoms with van der Waals surface area (Å²) in [5.74, 6) is -0.866. The Morgan fingerprint density at radius 2 is 1.97 bits per heavy atom. The summed E-state index contributed by atoms with van der Waals surface area (Å²) < 4.78 is 1.62. The van der Waals surface area contributed by atoms with E-state index >= 15 is 0 Å². The predicted molar refractivity (Wildman–Crippen MR) is 116 cm³/mol. The number of nitrogens with one attached hydrogen (secondary N) is 2. The Kier molecular flexibility index (Phi) is 4.37. The zero-order valence-corrected chi connectivity index (χ0v) is 17.9. The van der Waals surface area contributed by atoms with E-state index in [1.807, 2.05) is 6.92 Å². The molecule has 9 nitrogen and oxygen atoms in total. The molecule has 0 radical (unpaired) electrons. The molecule has 31 heavy (non-hydrogen) atoms. The molecule has 0 saturated heterocycles. The highest BCUT2D eigenvalue weighted by Gasteiger charge is 2.45. The number of thiophene rings is 1. The molecule has 0 unspecified atom stereocenters. The first-order valence-electron chi connectivity index (χ1n) is 10.2. The Morgan fingerprint density at radius 1 is 1.23 bits per heavy atom. The van der Waals surface area contributed by atoms with Crippen LogP contribution in [0.25, 0.3) is 10.2 Å². The zero-order chi connectivity index (χ0) is 21.9. The molecule has 1 saturated carbocycles. The summed E-state index contributed by atoms with van der Waals surface area (Å²) in [6.07, 6.45) is 5.76. The maximum atomic E-state index is 13.5. The monoisotopic (exact) mass is 439 g/mol. The third kappa shape index (κ3) is 2.85. The number of amides is 1. The normalized spacial score (nSPS) is 17.0. The molecule has 3 aromatic rings. The van der Waals surface area contributed by atoms with Crippen LogP contribution in [0.1, 0.15) is 63.4 Å². The molecule has 4 heterocycles. The number of aryl methyl sites for hydroxylation is 2. The van der Waals surface area contributed by atoms with Crippen LogP contribution in [0, 0.1) is 13.8 Å². The molecule has 160 valence electrons. The number of anilines is 2. The largest absolute Gasteiger partial charge is 0.477 e. The molecule has 3 aromatic heterocycles. The number of pyridine rings is 1. The Hall–Kier alpha value is -3.27. The molecule has 1 amide bonds. The van der Waals surface area contributed by atoms with Crippen LogP contribution in [-0.4, -0.2) is 31.5 Å². The fourth-order valence-corrected chi connectivity index (χ4v) is 5.82. The summed E-state index contributed by atoms with van der Waals surface area (Å²) in [4.78, 5) is 47.0. The van der Waals surface area contributed by atoms with Gasteiger partial charge < -0.3 is 15.7 Å². The van der Waals surface area contributed by atoms with Crippen molar-refractivity contribution < 1.29 is 14.7 Å². The second-order valence-corrected chi connectivity index (χ2v) is 9.16. The lowest BCUT2D eigenvalue weighted by Crippen LogP contribution is -2.48. The van der Waals surface area contributed by atoms with Crippen molar-refractivity contribution in [3.05, 3.63) is 44.4 Å². The highest BCUT2D eigenvalue weighted by Crippen LogP contribution is 2.38. The van der Waals surface area contributed by atoms with Gasteiger partial charge in [-0.25, -0.2) is 14.8 Å². The first-order valence-corrected chi connectivity index (χ1v) is 11.0. The van der Waals surface area contributed by atoms with E-state index in [0.29, 0.717) is 38.5 Å². The van der Waals surface area contributed by atoms with Crippen molar-refractivity contribution in [2.75, 3.05) is 5.32 Å². The number of carbonyl (C=O) groups is 2. The lowest BCUT2D eigenvalue weighted by atomic mass is 9.89. The lowest BCUT2D eigenvalue weighted by molar-refractivity contribution is 0.0701. The Morgan fingerprint density at radius 3 is 2.68 bits per heavy atom. The fraction of sp³-hybridized carbons (Fsp3) is 0.381. The van der Waals surface area contributed by atoms with Gasteiger partial charge in [-0.1, -0.05) is 6.42 Å². The summed E-state index contributed by atoms with van der Waals surface area (Å²) in [5, 5.41) is 16.2. The van der Waals surface area contributed by atoms with E-state index in [-0.39, 0.29) is 16.3 Å². The number of nitrogens with zero attached hydrogens (tertiary/aromatic N) is 3. The molecule has 1 fully saturated rings. The Balaban J connectivity index is 1.67. The van der Waals surface area contributed by atoms with Crippen molar-refractivity contribution in [1.29, 1.82) is 0 Å². The second kappa shape index (κ2) is 6.88. The number of fused-ring (bicyclic) bond motifs is 3. The van der Waals surface area contributed by atoms with E-state index in [4.69, 9.17) is 0 Å². The number of carbonyl (C=O) groups excluding carboxylic acids is 1. The molecule has 0 atom stereocenters. The van der Waals surface area contributed by atoms with Gasteiger partial charge in [-0.15, -0.1) is 11.3 Å². The highest BCUT2D eigenvalue weighted by atomic mass is 32.1. The molecule has 2 aliphatic rings. The molecular formula is C21H21N5O4S. The standard InChI is InChI=1S/C21H21N5O4S/c1-10-8-12(19(28)26-14(10)17(27)25-21(26)6-4-3-5-7-21)24-16-13-11(2)15(20(29)30)31-18(13)23-9-22-16/h8-9H,3-7H2,1-2H3,(H,25,27)(H,29,30)(H,22,23,24). The third-order valence-corrected chi connectivity index (χ3v) is 7.42. The zero-order valence-electron chi connectivity index (χ0n) is 17.1. The van der Waals surface area contributed by atoms with Crippen molar-refractivity contribution in [2.45, 2.75) is 51.6 Å². The van der Waals surface area contributed by atoms with Gasteiger partial charge >= 0.3 is 5.97 Å². The molecule has 1 aliphatic heterocycles. The van der Waals surface area contributed by atoms with Crippen molar-refractivity contribution in [1.82, 2.24) is 19.9 Å². The van der Waals surface area contributed by atoms with Crippen LogP contribution in [0.2, 0.25) is 0 Å². The van der Waals surface area contributed by atoms with E-state index in [1.54, 1.807) is 17.6 Å². The van der Waals surface area contributed by atoms with Gasteiger partial charge in [-0.2, -0.15) is 0 Å². The molecule has 10 heteroatoms. The van der Waals surface area contributed by atoms with Crippen LogP contribution in [-0.2, 0) is 5.66 Å². The summed E-state index contributed by atoms with van der Waals surface area (Å²) in [6, 6.07) is 1.66. The minimum atomic E-state index is -1.02. The number of rotatable bonds is 3. The van der Waals surface area contributed by atoms with E-state index in [9.17, 15) is 19.5 Å². The molecule has 3 N–H and O–H groups in total. The predicted octanol–water partition coefficient (Wildman–Crippen LogP) is 3.27. The molecule has 0 aromatic carbocycles. The molecule has 0 bridgehead atoms. The van der Waals surface area contributed by atoms with Gasteiger partial charge in [0.05, 0.1) is 5.39 Å². The number of carboxylic acid groups (broad SMARTS) is 1. The Bertz CT molecular complexity index is 1320. The van der Waals surface area contributed by atoms with Crippen molar-refractivity contribution >= 4 is 44.9 Å². The minimum Gasteiger partial charge on any atom is -0.477 e. The molecule has 1 spiro atoms. The van der Waals surface area contributed by atoms with Gasteiger partial charge in [0.25, 0.3) is 11.5 Å². The van der Waals surface area contributed by atoms with Crippen LogP contribution in [0.3, 0.4) is 0 Å². The number of carboxylic acids is 1. The fourth-order valence-electron chi connectivity index (χ4n) is 4.83. The van der Waals surface area contributed by atoms with Gasteiger partial charge in [0.15, 0.2) is 0 Å². The SMILES string of the molecule is Cc1cc(Nc2ncnc3sc(C(=O)O)c(C)c23)c(=O)n2c1C(=O)NC21CCCCC1. The lowest BCUT2D eigenvalue weighted by Gasteiger charge is -2.35. The quantitative estimate of drug-likeness (QED) is 0.572. The molecule has 1 aliphatic carbocycles. The van der Waals surface area contributed by atoms with Gasteiger partial charge in [-0.05, 0) is 56.7 Å². The third-order valence-electron chi connectivity index (χ3n) is 6.24. The summed E-state index contributed by atoms with van der Waals surface area (Å²) in [7, 11) is 0. The smallest absolute Gasteiger partial charge is 0.346 e.